The Hall–Kier alpha value is -2.33. The maximum atomic E-state index is 12.7. The summed E-state index contributed by atoms with van der Waals surface area (Å²) in [5.41, 5.74) is 6.19. The summed E-state index contributed by atoms with van der Waals surface area (Å²) in [6, 6.07) is 4.65. The third-order valence-corrected chi connectivity index (χ3v) is 6.94. The number of hydrogen-bond acceptors (Lipinski definition) is 7. The Morgan fingerprint density at radius 3 is 2.67 bits per heavy atom. The van der Waals surface area contributed by atoms with Crippen molar-refractivity contribution < 1.29 is 13.2 Å². The van der Waals surface area contributed by atoms with Crippen molar-refractivity contribution in [3.05, 3.63) is 36.5 Å². The molecule has 2 aromatic rings. The summed E-state index contributed by atoms with van der Waals surface area (Å²) in [6.45, 7) is 0.528. The number of carbonyl (C=O) groups excluding carboxylic acids is 1. The Morgan fingerprint density at radius 1 is 1.21 bits per heavy atom. The van der Waals surface area contributed by atoms with Crippen molar-refractivity contribution in [2.45, 2.75) is 11.3 Å². The Bertz CT molecular complexity index is 882. The van der Waals surface area contributed by atoms with Crippen LogP contribution in [0.2, 0.25) is 0 Å². The van der Waals surface area contributed by atoms with Crippen LogP contribution in [0.3, 0.4) is 0 Å². The van der Waals surface area contributed by atoms with E-state index in [-0.39, 0.29) is 29.8 Å². The van der Waals surface area contributed by atoms with Crippen molar-refractivity contribution >= 4 is 15.7 Å². The molecule has 2 saturated heterocycles. The third-order valence-electron chi connectivity index (χ3n) is 4.67. The van der Waals surface area contributed by atoms with Crippen molar-refractivity contribution in [1.29, 1.82) is 0 Å². The average Bonchev–Trinajstić information content (AvgIpc) is 3.26. The van der Waals surface area contributed by atoms with Crippen LogP contribution in [0.25, 0.3) is 5.82 Å². The molecule has 9 nitrogen and oxygen atoms in total. The van der Waals surface area contributed by atoms with E-state index in [0.29, 0.717) is 12.4 Å². The highest BCUT2D eigenvalue weighted by molar-refractivity contribution is 7.92. The summed E-state index contributed by atoms with van der Waals surface area (Å²) < 4.78 is 25.8. The van der Waals surface area contributed by atoms with Crippen LogP contribution >= 0.6 is 0 Å². The smallest absolute Gasteiger partial charge is 0.272 e. The average molecular weight is 348 g/mol. The lowest BCUT2D eigenvalue weighted by molar-refractivity contribution is 0.0780. The van der Waals surface area contributed by atoms with Crippen molar-refractivity contribution in [1.82, 2.24) is 24.6 Å². The second kappa shape index (κ2) is 5.35. The molecule has 0 radical (unpaired) electrons. The highest BCUT2D eigenvalue weighted by Crippen LogP contribution is 2.33. The van der Waals surface area contributed by atoms with E-state index in [4.69, 9.17) is 5.73 Å². The molecule has 1 amide bonds. The van der Waals surface area contributed by atoms with Crippen LogP contribution in [0.1, 0.15) is 10.5 Å². The largest absolute Gasteiger partial charge is 0.336 e. The van der Waals surface area contributed by atoms with Crippen molar-refractivity contribution in [3.8, 4) is 5.82 Å². The van der Waals surface area contributed by atoms with Crippen molar-refractivity contribution in [2.75, 3.05) is 18.8 Å². The van der Waals surface area contributed by atoms with E-state index in [2.05, 4.69) is 15.2 Å². The zero-order chi connectivity index (χ0) is 16.9. The highest BCUT2D eigenvalue weighted by atomic mass is 32.2. The van der Waals surface area contributed by atoms with Gasteiger partial charge in [-0.15, -0.1) is 10.2 Å². The molecule has 0 unspecified atom stereocenters. The summed E-state index contributed by atoms with van der Waals surface area (Å²) in [6.07, 6.45) is 2.98. The fourth-order valence-corrected chi connectivity index (χ4v) is 5.70. The summed E-state index contributed by atoms with van der Waals surface area (Å²) in [5.74, 6) is 0.0439. The number of amides is 1. The molecular formula is C14H16N6O3S. The van der Waals surface area contributed by atoms with Crippen LogP contribution in [0.4, 0.5) is 0 Å². The minimum atomic E-state index is -3.23. The summed E-state index contributed by atoms with van der Waals surface area (Å²) >= 11 is 0. The number of sulfone groups is 1. The standard InChI is InChI=1S/C14H16N6O3S/c15-10-6-24(22,23)12-5-19(4-9(10)12)14(21)11-2-1-3-13(18-11)20-7-16-17-8-20/h1-3,7-10,12H,4-6,15H2/t9-,10+,12-/m0/s1. The number of nitrogens with two attached hydrogens (primary N) is 1. The first-order chi connectivity index (χ1) is 11.5. The maximum absolute atomic E-state index is 12.7. The van der Waals surface area contributed by atoms with Gasteiger partial charge in [0, 0.05) is 25.0 Å². The van der Waals surface area contributed by atoms with Gasteiger partial charge in [-0.3, -0.25) is 9.36 Å². The first kappa shape index (κ1) is 15.2. The zero-order valence-electron chi connectivity index (χ0n) is 12.7. The lowest BCUT2D eigenvalue weighted by atomic mass is 10.0. The molecular weight excluding hydrogens is 332 g/mol. The zero-order valence-corrected chi connectivity index (χ0v) is 13.5. The second-order valence-corrected chi connectivity index (χ2v) is 8.42. The molecule has 0 aliphatic carbocycles. The predicted molar refractivity (Wildman–Crippen MR) is 84.1 cm³/mol. The minimum Gasteiger partial charge on any atom is -0.336 e. The van der Waals surface area contributed by atoms with E-state index in [1.807, 2.05) is 0 Å². The maximum Gasteiger partial charge on any atom is 0.272 e. The Kier molecular flexibility index (Phi) is 3.39. The van der Waals surface area contributed by atoms with Crippen molar-refractivity contribution in [2.24, 2.45) is 11.7 Å². The molecule has 4 heterocycles. The SMILES string of the molecule is N[C@@H]1CS(=O)(=O)[C@H]2CN(C(=O)c3cccc(-n4cnnc4)n3)C[C@@H]12. The van der Waals surface area contributed by atoms with Crippen LogP contribution in [0.15, 0.2) is 30.9 Å². The Labute approximate surface area is 138 Å². The van der Waals surface area contributed by atoms with Gasteiger partial charge >= 0.3 is 0 Å². The van der Waals surface area contributed by atoms with Gasteiger partial charge in [0.25, 0.3) is 5.91 Å². The molecule has 0 bridgehead atoms. The van der Waals surface area contributed by atoms with Gasteiger partial charge in [0.1, 0.15) is 24.2 Å². The predicted octanol–water partition coefficient (Wildman–Crippen LogP) is -1.14. The van der Waals surface area contributed by atoms with Crippen molar-refractivity contribution in [3.63, 3.8) is 0 Å². The third kappa shape index (κ3) is 2.38. The lowest BCUT2D eigenvalue weighted by Gasteiger charge is -2.18. The van der Waals surface area contributed by atoms with Gasteiger partial charge in [-0.05, 0) is 12.1 Å². The number of pyridine rings is 1. The van der Waals surface area contributed by atoms with Gasteiger partial charge in [-0.1, -0.05) is 6.07 Å². The van der Waals surface area contributed by atoms with E-state index < -0.39 is 21.1 Å². The Morgan fingerprint density at radius 2 is 1.96 bits per heavy atom. The number of hydrogen-bond donors (Lipinski definition) is 1. The molecule has 0 aromatic carbocycles. The van der Waals surface area contributed by atoms with Gasteiger partial charge in [0.05, 0.1) is 11.0 Å². The minimum absolute atomic E-state index is 0.00568. The molecule has 3 atom stereocenters. The molecule has 24 heavy (non-hydrogen) atoms. The molecule has 2 aliphatic rings. The lowest BCUT2D eigenvalue weighted by Crippen LogP contribution is -2.36. The molecule has 0 spiro atoms. The van der Waals surface area contributed by atoms with Crippen LogP contribution < -0.4 is 5.73 Å². The molecule has 2 aromatic heterocycles. The van der Waals surface area contributed by atoms with Crippen LogP contribution in [-0.2, 0) is 9.84 Å². The van der Waals surface area contributed by atoms with Crippen LogP contribution in [-0.4, -0.2) is 69.1 Å². The van der Waals surface area contributed by atoms with Gasteiger partial charge in [-0.25, -0.2) is 13.4 Å². The number of carbonyl (C=O) groups is 1. The number of fused-ring (bicyclic) bond motifs is 1. The number of nitrogens with zero attached hydrogens (tertiary/aromatic N) is 5. The van der Waals surface area contributed by atoms with E-state index in [0.717, 1.165) is 0 Å². The number of aromatic nitrogens is 4. The van der Waals surface area contributed by atoms with Gasteiger partial charge in [0.15, 0.2) is 9.84 Å². The fourth-order valence-electron chi connectivity index (χ4n) is 3.44. The highest BCUT2D eigenvalue weighted by Gasteiger charge is 2.51. The van der Waals surface area contributed by atoms with Gasteiger partial charge < -0.3 is 10.6 Å². The summed E-state index contributed by atoms with van der Waals surface area (Å²) in [5, 5.41) is 6.86. The molecule has 4 rings (SSSR count). The normalized spacial score (nSPS) is 28.0. The molecule has 0 saturated carbocycles. The van der Waals surface area contributed by atoms with E-state index in [1.165, 1.54) is 17.6 Å². The fraction of sp³-hybridized carbons (Fsp3) is 0.429. The van der Waals surface area contributed by atoms with Gasteiger partial charge in [-0.2, -0.15) is 0 Å². The number of likely N-dealkylation sites (tertiary alicyclic amines) is 1. The van der Waals surface area contributed by atoms with Crippen LogP contribution in [0.5, 0.6) is 0 Å². The quantitative estimate of drug-likeness (QED) is 0.727. The second-order valence-electron chi connectivity index (χ2n) is 6.16. The molecule has 2 fully saturated rings. The van der Waals surface area contributed by atoms with E-state index in [9.17, 15) is 13.2 Å². The van der Waals surface area contributed by atoms with Crippen LogP contribution in [0, 0.1) is 5.92 Å². The topological polar surface area (TPSA) is 124 Å². The molecule has 2 N–H and O–H groups in total. The summed E-state index contributed by atoms with van der Waals surface area (Å²) in [4.78, 5) is 18.6. The molecule has 2 aliphatic heterocycles. The molecule has 126 valence electrons. The first-order valence-electron chi connectivity index (χ1n) is 7.54. The molecule has 10 heteroatoms. The summed E-state index contributed by atoms with van der Waals surface area (Å²) in [7, 11) is -3.23. The Balaban J connectivity index is 1.59. The first-order valence-corrected chi connectivity index (χ1v) is 9.26. The van der Waals surface area contributed by atoms with Gasteiger partial charge in [0.2, 0.25) is 0 Å². The monoisotopic (exact) mass is 348 g/mol. The van der Waals surface area contributed by atoms with E-state index in [1.54, 1.807) is 22.8 Å². The number of rotatable bonds is 2. The van der Waals surface area contributed by atoms with E-state index >= 15 is 0 Å².